The van der Waals surface area contributed by atoms with Gasteiger partial charge in [0.05, 0.1) is 0 Å². The van der Waals surface area contributed by atoms with Gasteiger partial charge in [0.25, 0.3) is 0 Å². The average Bonchev–Trinajstić information content (AvgIpc) is 2.79. The second kappa shape index (κ2) is 4.52. The largest absolute Gasteiger partial charge is 0.479 e. The van der Waals surface area contributed by atoms with Crippen LogP contribution in [0.3, 0.4) is 0 Å². The maximum Gasteiger partial charge on any atom is 0.331 e. The summed E-state index contributed by atoms with van der Waals surface area (Å²) in [7, 11) is 0. The van der Waals surface area contributed by atoms with Crippen LogP contribution in [0.1, 0.15) is 25.2 Å². The Kier molecular flexibility index (Phi) is 3.05. The first-order chi connectivity index (χ1) is 8.51. The maximum absolute atomic E-state index is 11.2. The number of pyridine rings is 1. The fourth-order valence-corrected chi connectivity index (χ4v) is 1.52. The Morgan fingerprint density at radius 2 is 2.06 bits per heavy atom. The summed E-state index contributed by atoms with van der Waals surface area (Å²) in [6.07, 6.45) is 3.81. The third-order valence-electron chi connectivity index (χ3n) is 2.70. The van der Waals surface area contributed by atoms with E-state index in [-0.39, 0.29) is 0 Å². The number of hydrogen-bond acceptors (Lipinski definition) is 5. The van der Waals surface area contributed by atoms with Crippen LogP contribution in [0.2, 0.25) is 0 Å². The highest BCUT2D eigenvalue weighted by atomic mass is 16.4. The van der Waals surface area contributed by atoms with Crippen LogP contribution in [0, 0.1) is 0 Å². The van der Waals surface area contributed by atoms with E-state index >= 15 is 0 Å². The smallest absolute Gasteiger partial charge is 0.331 e. The predicted octanol–water partition coefficient (Wildman–Crippen LogP) is 0.479. The molecule has 0 atom stereocenters. The molecule has 2 heterocycles. The molecule has 0 bridgehead atoms. The summed E-state index contributed by atoms with van der Waals surface area (Å²) in [5, 5.41) is 20.4. The number of aromatic nitrogens is 5. The third-order valence-corrected chi connectivity index (χ3v) is 2.70. The first-order valence-corrected chi connectivity index (χ1v) is 5.42. The Morgan fingerprint density at radius 3 is 2.67 bits per heavy atom. The van der Waals surface area contributed by atoms with Crippen molar-refractivity contribution in [3.8, 4) is 0 Å². The highest BCUT2D eigenvalue weighted by Crippen LogP contribution is 2.16. The van der Waals surface area contributed by atoms with Gasteiger partial charge in [0.2, 0.25) is 0 Å². The Hall–Kier alpha value is -2.31. The standard InChI is InChI=1S/C11H13N5O2/c1-11(2,10(17)18)16-9(13-14-15-16)7-8-3-5-12-6-4-8/h3-6H,7H2,1-2H3,(H,17,18). The summed E-state index contributed by atoms with van der Waals surface area (Å²) < 4.78 is 1.33. The van der Waals surface area contributed by atoms with E-state index in [4.69, 9.17) is 0 Å². The van der Waals surface area contributed by atoms with Gasteiger partial charge in [0.15, 0.2) is 11.4 Å². The number of carbonyl (C=O) groups is 1. The highest BCUT2D eigenvalue weighted by molar-refractivity contribution is 5.75. The van der Waals surface area contributed by atoms with Crippen molar-refractivity contribution < 1.29 is 9.90 Å². The van der Waals surface area contributed by atoms with E-state index in [2.05, 4.69) is 20.5 Å². The Morgan fingerprint density at radius 1 is 1.39 bits per heavy atom. The first kappa shape index (κ1) is 12.2. The minimum atomic E-state index is -1.17. The molecule has 0 fully saturated rings. The molecule has 0 spiro atoms. The molecule has 0 amide bonds. The molecule has 0 unspecified atom stereocenters. The van der Waals surface area contributed by atoms with Crippen molar-refractivity contribution in [3.63, 3.8) is 0 Å². The fourth-order valence-electron chi connectivity index (χ4n) is 1.52. The minimum Gasteiger partial charge on any atom is -0.479 e. The van der Waals surface area contributed by atoms with Gasteiger partial charge in [-0.3, -0.25) is 4.98 Å². The third kappa shape index (κ3) is 2.20. The molecule has 2 aromatic heterocycles. The van der Waals surface area contributed by atoms with Gasteiger partial charge in [-0.15, -0.1) is 5.10 Å². The van der Waals surface area contributed by atoms with E-state index in [1.165, 1.54) is 4.68 Å². The lowest BCUT2D eigenvalue weighted by Crippen LogP contribution is -2.38. The second-order valence-corrected chi connectivity index (χ2v) is 4.40. The Labute approximate surface area is 103 Å². The molecule has 0 saturated carbocycles. The summed E-state index contributed by atoms with van der Waals surface area (Å²) in [6.45, 7) is 3.11. The summed E-state index contributed by atoms with van der Waals surface area (Å²) in [6, 6.07) is 3.68. The lowest BCUT2D eigenvalue weighted by atomic mass is 10.1. The van der Waals surface area contributed by atoms with Crippen LogP contribution in [0.5, 0.6) is 0 Å². The Bertz CT molecular complexity index is 550. The molecule has 0 aromatic carbocycles. The zero-order valence-corrected chi connectivity index (χ0v) is 10.1. The zero-order chi connectivity index (χ0) is 13.2. The van der Waals surface area contributed by atoms with Crippen molar-refractivity contribution >= 4 is 5.97 Å². The van der Waals surface area contributed by atoms with Crippen LogP contribution in [0.25, 0.3) is 0 Å². The number of rotatable bonds is 4. The summed E-state index contributed by atoms with van der Waals surface area (Å²) in [5.74, 6) is -0.473. The van der Waals surface area contributed by atoms with Crippen LogP contribution in [-0.2, 0) is 16.8 Å². The zero-order valence-electron chi connectivity index (χ0n) is 10.1. The van der Waals surface area contributed by atoms with Crippen molar-refractivity contribution in [2.45, 2.75) is 25.8 Å². The molecule has 7 heteroatoms. The van der Waals surface area contributed by atoms with E-state index in [0.717, 1.165) is 5.56 Å². The van der Waals surface area contributed by atoms with E-state index in [1.54, 1.807) is 26.2 Å². The van der Waals surface area contributed by atoms with E-state index < -0.39 is 11.5 Å². The highest BCUT2D eigenvalue weighted by Gasteiger charge is 2.33. The number of nitrogens with zero attached hydrogens (tertiary/aromatic N) is 5. The first-order valence-electron chi connectivity index (χ1n) is 5.42. The molecular formula is C11H13N5O2. The van der Waals surface area contributed by atoms with Crippen molar-refractivity contribution in [3.05, 3.63) is 35.9 Å². The molecule has 1 N–H and O–H groups in total. The number of tetrazole rings is 1. The lowest BCUT2D eigenvalue weighted by Gasteiger charge is -2.20. The van der Waals surface area contributed by atoms with E-state index in [0.29, 0.717) is 12.2 Å². The molecular weight excluding hydrogens is 234 g/mol. The van der Waals surface area contributed by atoms with Gasteiger partial charge in [0, 0.05) is 18.8 Å². The van der Waals surface area contributed by atoms with Crippen LogP contribution in [-0.4, -0.2) is 36.3 Å². The van der Waals surface area contributed by atoms with Crippen molar-refractivity contribution in [1.29, 1.82) is 0 Å². The van der Waals surface area contributed by atoms with Crippen molar-refractivity contribution in [1.82, 2.24) is 25.2 Å². The molecule has 0 saturated heterocycles. The molecule has 7 nitrogen and oxygen atoms in total. The van der Waals surface area contributed by atoms with Crippen LogP contribution in [0.15, 0.2) is 24.5 Å². The van der Waals surface area contributed by atoms with E-state index in [1.807, 2.05) is 12.1 Å². The lowest BCUT2D eigenvalue weighted by molar-refractivity contribution is -0.146. The number of carboxylic acid groups (broad SMARTS) is 1. The van der Waals surface area contributed by atoms with Gasteiger partial charge >= 0.3 is 5.97 Å². The topological polar surface area (TPSA) is 93.8 Å². The Balaban J connectivity index is 2.32. The van der Waals surface area contributed by atoms with Gasteiger partial charge in [-0.1, -0.05) is 0 Å². The van der Waals surface area contributed by atoms with Gasteiger partial charge in [-0.25, -0.2) is 9.48 Å². The molecule has 0 aliphatic carbocycles. The number of hydrogen-bond donors (Lipinski definition) is 1. The van der Waals surface area contributed by atoms with Gasteiger partial charge in [-0.05, 0) is 42.0 Å². The average molecular weight is 247 g/mol. The fraction of sp³-hybridized carbons (Fsp3) is 0.364. The van der Waals surface area contributed by atoms with Crippen LogP contribution in [0.4, 0.5) is 0 Å². The molecule has 0 aliphatic heterocycles. The summed E-state index contributed by atoms with van der Waals surface area (Å²) in [4.78, 5) is 15.1. The molecule has 2 rings (SSSR count). The predicted molar refractivity (Wildman–Crippen MR) is 61.8 cm³/mol. The molecule has 0 radical (unpaired) electrons. The van der Waals surface area contributed by atoms with Crippen molar-refractivity contribution in [2.24, 2.45) is 0 Å². The van der Waals surface area contributed by atoms with Gasteiger partial charge in [0.1, 0.15) is 0 Å². The number of carboxylic acids is 1. The molecule has 94 valence electrons. The van der Waals surface area contributed by atoms with Gasteiger partial charge in [-0.2, -0.15) is 0 Å². The number of aliphatic carboxylic acids is 1. The van der Waals surface area contributed by atoms with Gasteiger partial charge < -0.3 is 5.11 Å². The second-order valence-electron chi connectivity index (χ2n) is 4.40. The minimum absolute atomic E-state index is 0.465. The normalized spacial score (nSPS) is 11.4. The van der Waals surface area contributed by atoms with E-state index in [9.17, 15) is 9.90 Å². The molecule has 2 aromatic rings. The monoisotopic (exact) mass is 247 g/mol. The summed E-state index contributed by atoms with van der Waals surface area (Å²) >= 11 is 0. The summed E-state index contributed by atoms with van der Waals surface area (Å²) in [5.41, 5.74) is -0.200. The van der Waals surface area contributed by atoms with Crippen LogP contribution >= 0.6 is 0 Å². The molecule has 18 heavy (non-hydrogen) atoms. The van der Waals surface area contributed by atoms with Crippen molar-refractivity contribution in [2.75, 3.05) is 0 Å². The van der Waals surface area contributed by atoms with Crippen LogP contribution < -0.4 is 0 Å². The maximum atomic E-state index is 11.2. The quantitative estimate of drug-likeness (QED) is 0.844. The SMILES string of the molecule is CC(C)(C(=O)O)n1nnnc1Cc1ccncc1. The molecule has 0 aliphatic rings.